The summed E-state index contributed by atoms with van der Waals surface area (Å²) >= 11 is 0. The zero-order chi connectivity index (χ0) is 7.68. The summed E-state index contributed by atoms with van der Waals surface area (Å²) < 4.78 is 2.21. The first-order valence-electron chi connectivity index (χ1n) is 4.10. The zero-order valence-corrected chi connectivity index (χ0v) is 6.53. The maximum absolute atomic E-state index is 5.59. The summed E-state index contributed by atoms with van der Waals surface area (Å²) in [5.74, 6) is 1.86. The molecule has 0 saturated carbocycles. The maximum atomic E-state index is 5.59. The van der Waals surface area contributed by atoms with E-state index in [0.717, 1.165) is 19.5 Å². The lowest BCUT2D eigenvalue weighted by Crippen LogP contribution is -2.25. The van der Waals surface area contributed by atoms with Crippen molar-refractivity contribution in [1.82, 2.24) is 9.55 Å². The second-order valence-electron chi connectivity index (χ2n) is 3.13. The first-order valence-corrected chi connectivity index (χ1v) is 4.10. The van der Waals surface area contributed by atoms with Crippen molar-refractivity contribution in [1.29, 1.82) is 0 Å². The van der Waals surface area contributed by atoms with Crippen LogP contribution in [0.25, 0.3) is 0 Å². The van der Waals surface area contributed by atoms with Gasteiger partial charge in [0.05, 0.1) is 0 Å². The second-order valence-corrected chi connectivity index (χ2v) is 3.13. The van der Waals surface area contributed by atoms with E-state index in [9.17, 15) is 0 Å². The molecule has 0 saturated heterocycles. The molecule has 3 heteroatoms. The Balaban J connectivity index is 2.18. The van der Waals surface area contributed by atoms with Gasteiger partial charge in [0.1, 0.15) is 5.82 Å². The largest absolute Gasteiger partial charge is 0.335 e. The molecule has 1 aromatic heterocycles. The predicted molar refractivity (Wildman–Crippen MR) is 43.1 cm³/mol. The van der Waals surface area contributed by atoms with Crippen LogP contribution in [-0.2, 0) is 13.0 Å². The normalized spacial score (nSPS) is 23.2. The molecule has 0 aromatic carbocycles. The Hall–Kier alpha value is -0.830. The van der Waals surface area contributed by atoms with Crippen molar-refractivity contribution >= 4 is 0 Å². The van der Waals surface area contributed by atoms with Gasteiger partial charge in [0.2, 0.25) is 0 Å². The molecule has 1 atom stereocenters. The standard InChI is InChI=1S/C8H13N3/c9-6-7-1-3-11-4-2-10-8(11)5-7/h2,4,7H,1,3,5-6,9H2/t7-/m1/s1. The summed E-state index contributed by atoms with van der Waals surface area (Å²) in [5.41, 5.74) is 5.59. The van der Waals surface area contributed by atoms with Gasteiger partial charge in [-0.2, -0.15) is 0 Å². The van der Waals surface area contributed by atoms with E-state index in [2.05, 4.69) is 9.55 Å². The van der Waals surface area contributed by atoms with Gasteiger partial charge in [0.25, 0.3) is 0 Å². The van der Waals surface area contributed by atoms with Crippen molar-refractivity contribution in [3.8, 4) is 0 Å². The molecule has 0 spiro atoms. The quantitative estimate of drug-likeness (QED) is 0.631. The van der Waals surface area contributed by atoms with Gasteiger partial charge >= 0.3 is 0 Å². The van der Waals surface area contributed by atoms with Crippen LogP contribution in [0.4, 0.5) is 0 Å². The second kappa shape index (κ2) is 2.66. The van der Waals surface area contributed by atoms with Crippen molar-refractivity contribution in [3.05, 3.63) is 18.2 Å². The molecule has 2 rings (SSSR count). The van der Waals surface area contributed by atoms with E-state index in [-0.39, 0.29) is 0 Å². The number of aryl methyl sites for hydroxylation is 1. The summed E-state index contributed by atoms with van der Waals surface area (Å²) in [4.78, 5) is 4.26. The Labute approximate surface area is 66.2 Å². The molecule has 1 aliphatic rings. The van der Waals surface area contributed by atoms with Crippen molar-refractivity contribution < 1.29 is 0 Å². The SMILES string of the molecule is NC[C@@H]1CCn2ccnc2C1. The third kappa shape index (κ3) is 1.16. The lowest BCUT2D eigenvalue weighted by Gasteiger charge is -2.21. The topological polar surface area (TPSA) is 43.8 Å². The number of aromatic nitrogens is 2. The Morgan fingerprint density at radius 3 is 3.45 bits per heavy atom. The zero-order valence-electron chi connectivity index (χ0n) is 6.53. The average molecular weight is 151 g/mol. The summed E-state index contributed by atoms with van der Waals surface area (Å²) in [6.45, 7) is 1.89. The Kier molecular flexibility index (Phi) is 1.66. The van der Waals surface area contributed by atoms with Crippen LogP contribution in [0.2, 0.25) is 0 Å². The van der Waals surface area contributed by atoms with E-state index in [1.54, 1.807) is 0 Å². The van der Waals surface area contributed by atoms with Crippen LogP contribution in [0.5, 0.6) is 0 Å². The fourth-order valence-corrected chi connectivity index (χ4v) is 1.62. The molecule has 2 N–H and O–H groups in total. The Morgan fingerprint density at radius 2 is 2.64 bits per heavy atom. The molecule has 0 aliphatic carbocycles. The van der Waals surface area contributed by atoms with Crippen LogP contribution in [-0.4, -0.2) is 16.1 Å². The monoisotopic (exact) mass is 151 g/mol. The lowest BCUT2D eigenvalue weighted by molar-refractivity contribution is 0.389. The molecule has 0 amide bonds. The smallest absolute Gasteiger partial charge is 0.108 e. The van der Waals surface area contributed by atoms with Gasteiger partial charge in [-0.05, 0) is 18.9 Å². The van der Waals surface area contributed by atoms with Crippen LogP contribution in [0.3, 0.4) is 0 Å². The average Bonchev–Trinajstić information content (AvgIpc) is 2.50. The maximum Gasteiger partial charge on any atom is 0.108 e. The number of hydrogen-bond donors (Lipinski definition) is 1. The minimum atomic E-state index is 0.657. The summed E-state index contributed by atoms with van der Waals surface area (Å²) in [6.07, 6.45) is 6.18. The van der Waals surface area contributed by atoms with Gasteiger partial charge in [0, 0.05) is 25.4 Å². The molecule has 3 nitrogen and oxygen atoms in total. The number of imidazole rings is 1. The molecule has 2 heterocycles. The van der Waals surface area contributed by atoms with Crippen molar-refractivity contribution in [2.24, 2.45) is 11.7 Å². The van der Waals surface area contributed by atoms with Gasteiger partial charge in [0.15, 0.2) is 0 Å². The molecule has 0 fully saturated rings. The predicted octanol–water partition coefficient (Wildman–Crippen LogP) is 0.404. The highest BCUT2D eigenvalue weighted by atomic mass is 15.1. The van der Waals surface area contributed by atoms with E-state index < -0.39 is 0 Å². The minimum absolute atomic E-state index is 0.657. The fourth-order valence-electron chi connectivity index (χ4n) is 1.62. The first kappa shape index (κ1) is 6.85. The van der Waals surface area contributed by atoms with Crippen LogP contribution in [0.1, 0.15) is 12.2 Å². The van der Waals surface area contributed by atoms with Gasteiger partial charge in [-0.25, -0.2) is 4.98 Å². The molecular weight excluding hydrogens is 138 g/mol. The molecule has 0 bridgehead atoms. The highest BCUT2D eigenvalue weighted by Crippen LogP contribution is 2.17. The highest BCUT2D eigenvalue weighted by molar-refractivity contribution is 4.97. The summed E-state index contributed by atoms with van der Waals surface area (Å²) in [7, 11) is 0. The van der Waals surface area contributed by atoms with Crippen molar-refractivity contribution in [2.75, 3.05) is 6.54 Å². The van der Waals surface area contributed by atoms with E-state index in [1.165, 1.54) is 12.2 Å². The molecule has 1 aromatic rings. The van der Waals surface area contributed by atoms with E-state index in [1.807, 2.05) is 12.4 Å². The van der Waals surface area contributed by atoms with Crippen molar-refractivity contribution in [2.45, 2.75) is 19.4 Å². The third-order valence-electron chi connectivity index (χ3n) is 2.38. The van der Waals surface area contributed by atoms with E-state index in [4.69, 9.17) is 5.73 Å². The molecular formula is C8H13N3. The molecule has 1 aliphatic heterocycles. The van der Waals surface area contributed by atoms with E-state index in [0.29, 0.717) is 5.92 Å². The Bertz CT molecular complexity index is 241. The van der Waals surface area contributed by atoms with E-state index >= 15 is 0 Å². The van der Waals surface area contributed by atoms with Crippen molar-refractivity contribution in [3.63, 3.8) is 0 Å². The molecule has 0 unspecified atom stereocenters. The van der Waals surface area contributed by atoms with Crippen LogP contribution >= 0.6 is 0 Å². The lowest BCUT2D eigenvalue weighted by atomic mass is 9.98. The molecule has 60 valence electrons. The van der Waals surface area contributed by atoms with Gasteiger partial charge in [-0.15, -0.1) is 0 Å². The van der Waals surface area contributed by atoms with Gasteiger partial charge in [-0.1, -0.05) is 0 Å². The number of nitrogens with zero attached hydrogens (tertiary/aromatic N) is 2. The molecule has 0 radical (unpaired) electrons. The molecule has 11 heavy (non-hydrogen) atoms. The van der Waals surface area contributed by atoms with Gasteiger partial charge < -0.3 is 10.3 Å². The third-order valence-corrected chi connectivity index (χ3v) is 2.38. The fraction of sp³-hybridized carbons (Fsp3) is 0.625. The number of fused-ring (bicyclic) bond motifs is 1. The van der Waals surface area contributed by atoms with Crippen LogP contribution in [0, 0.1) is 5.92 Å². The Morgan fingerprint density at radius 1 is 1.73 bits per heavy atom. The summed E-state index contributed by atoms with van der Waals surface area (Å²) in [6, 6.07) is 0. The summed E-state index contributed by atoms with van der Waals surface area (Å²) in [5, 5.41) is 0. The van der Waals surface area contributed by atoms with Crippen LogP contribution in [0.15, 0.2) is 12.4 Å². The minimum Gasteiger partial charge on any atom is -0.335 e. The highest BCUT2D eigenvalue weighted by Gasteiger charge is 2.16. The number of rotatable bonds is 1. The van der Waals surface area contributed by atoms with Crippen LogP contribution < -0.4 is 5.73 Å². The number of nitrogens with two attached hydrogens (primary N) is 1. The first-order chi connectivity index (χ1) is 5.40. The van der Waals surface area contributed by atoms with Gasteiger partial charge in [-0.3, -0.25) is 0 Å². The number of hydrogen-bond acceptors (Lipinski definition) is 2.